The van der Waals surface area contributed by atoms with Crippen molar-refractivity contribution in [3.63, 3.8) is 0 Å². The van der Waals surface area contributed by atoms with Crippen LogP contribution in [-0.2, 0) is 4.79 Å². The number of carbonyl (C=O) groups is 1. The number of aromatic nitrogens is 2. The van der Waals surface area contributed by atoms with E-state index < -0.39 is 0 Å². The molecule has 2 aromatic rings. The summed E-state index contributed by atoms with van der Waals surface area (Å²) < 4.78 is 0. The van der Waals surface area contributed by atoms with Crippen molar-refractivity contribution in [2.45, 2.75) is 0 Å². The standard InChI is InChI=1S/C11H8ClN3O/c1-2-10(16)15-7-3-4-8-9(5-7)13-6-14-11(8)12/h2-6H,1H2,(H,15,16). The van der Waals surface area contributed by atoms with Gasteiger partial charge in [-0.25, -0.2) is 9.97 Å². The summed E-state index contributed by atoms with van der Waals surface area (Å²) in [5.74, 6) is -0.264. The fourth-order valence-electron chi connectivity index (χ4n) is 1.30. The molecule has 2 rings (SSSR count). The third kappa shape index (κ3) is 2.01. The molecular weight excluding hydrogens is 226 g/mol. The van der Waals surface area contributed by atoms with Crippen LogP contribution in [-0.4, -0.2) is 15.9 Å². The predicted molar refractivity (Wildman–Crippen MR) is 63.4 cm³/mol. The van der Waals surface area contributed by atoms with Gasteiger partial charge in [-0.15, -0.1) is 0 Å². The van der Waals surface area contributed by atoms with Crippen molar-refractivity contribution >= 4 is 34.1 Å². The SMILES string of the molecule is C=CC(=O)Nc1ccc2c(Cl)ncnc2c1. The molecular formula is C11H8ClN3O. The lowest BCUT2D eigenvalue weighted by Gasteiger charge is -2.03. The number of hydrogen-bond acceptors (Lipinski definition) is 3. The molecule has 5 heteroatoms. The molecule has 80 valence electrons. The lowest BCUT2D eigenvalue weighted by Crippen LogP contribution is -2.07. The molecule has 1 heterocycles. The summed E-state index contributed by atoms with van der Waals surface area (Å²) in [5.41, 5.74) is 1.33. The Morgan fingerprint density at radius 2 is 2.25 bits per heavy atom. The molecule has 1 N–H and O–H groups in total. The van der Waals surface area contributed by atoms with Crippen molar-refractivity contribution in [3.8, 4) is 0 Å². The van der Waals surface area contributed by atoms with Crippen LogP contribution in [0.2, 0.25) is 5.15 Å². The van der Waals surface area contributed by atoms with Gasteiger partial charge in [0.1, 0.15) is 11.5 Å². The van der Waals surface area contributed by atoms with Gasteiger partial charge in [-0.3, -0.25) is 4.79 Å². The zero-order valence-corrected chi connectivity index (χ0v) is 9.03. The quantitative estimate of drug-likeness (QED) is 0.640. The topological polar surface area (TPSA) is 54.9 Å². The molecule has 0 aliphatic carbocycles. The number of fused-ring (bicyclic) bond motifs is 1. The van der Waals surface area contributed by atoms with E-state index in [0.717, 1.165) is 5.39 Å². The molecule has 0 bridgehead atoms. The Kier molecular flexibility index (Phi) is 2.83. The molecule has 0 spiro atoms. The van der Waals surface area contributed by atoms with Gasteiger partial charge in [0.2, 0.25) is 5.91 Å². The summed E-state index contributed by atoms with van der Waals surface area (Å²) in [6.45, 7) is 3.37. The molecule has 1 amide bonds. The molecule has 0 fully saturated rings. The monoisotopic (exact) mass is 233 g/mol. The van der Waals surface area contributed by atoms with E-state index in [0.29, 0.717) is 16.4 Å². The highest BCUT2D eigenvalue weighted by Gasteiger charge is 2.03. The van der Waals surface area contributed by atoms with E-state index in [4.69, 9.17) is 11.6 Å². The number of rotatable bonds is 2. The zero-order chi connectivity index (χ0) is 11.5. The van der Waals surface area contributed by atoms with E-state index >= 15 is 0 Å². The second-order valence-electron chi connectivity index (χ2n) is 3.09. The summed E-state index contributed by atoms with van der Waals surface area (Å²) in [7, 11) is 0. The average molecular weight is 234 g/mol. The van der Waals surface area contributed by atoms with Crippen molar-refractivity contribution in [2.24, 2.45) is 0 Å². The Labute approximate surface area is 97.0 Å². The van der Waals surface area contributed by atoms with E-state index in [-0.39, 0.29) is 5.91 Å². The maximum absolute atomic E-state index is 11.1. The minimum atomic E-state index is -0.264. The van der Waals surface area contributed by atoms with Gasteiger partial charge in [-0.2, -0.15) is 0 Å². The highest BCUT2D eigenvalue weighted by atomic mass is 35.5. The molecule has 16 heavy (non-hydrogen) atoms. The number of nitrogens with zero attached hydrogens (tertiary/aromatic N) is 2. The van der Waals surface area contributed by atoms with Gasteiger partial charge in [-0.05, 0) is 24.3 Å². The summed E-state index contributed by atoms with van der Waals surface area (Å²) in [4.78, 5) is 19.0. The van der Waals surface area contributed by atoms with Gasteiger partial charge >= 0.3 is 0 Å². The Bertz CT molecular complexity index is 568. The summed E-state index contributed by atoms with van der Waals surface area (Å²) in [6.07, 6.45) is 2.58. The van der Waals surface area contributed by atoms with Gasteiger partial charge in [0.25, 0.3) is 0 Å². The largest absolute Gasteiger partial charge is 0.322 e. The first kappa shape index (κ1) is 10.6. The van der Waals surface area contributed by atoms with Crippen LogP contribution in [0.15, 0.2) is 37.2 Å². The zero-order valence-electron chi connectivity index (χ0n) is 8.27. The second-order valence-corrected chi connectivity index (χ2v) is 3.45. The smallest absolute Gasteiger partial charge is 0.247 e. The molecule has 4 nitrogen and oxygen atoms in total. The fraction of sp³-hybridized carbons (Fsp3) is 0. The molecule has 0 unspecified atom stereocenters. The number of anilines is 1. The third-order valence-corrected chi connectivity index (χ3v) is 2.34. The van der Waals surface area contributed by atoms with Crippen LogP contribution in [0.5, 0.6) is 0 Å². The summed E-state index contributed by atoms with van der Waals surface area (Å²) >= 11 is 5.89. The minimum absolute atomic E-state index is 0.264. The molecule has 0 saturated carbocycles. The number of nitrogens with one attached hydrogen (secondary N) is 1. The van der Waals surface area contributed by atoms with Crippen LogP contribution in [0.3, 0.4) is 0 Å². The van der Waals surface area contributed by atoms with Crippen LogP contribution < -0.4 is 5.32 Å². The van der Waals surface area contributed by atoms with E-state index in [9.17, 15) is 4.79 Å². The van der Waals surface area contributed by atoms with Crippen molar-refractivity contribution in [3.05, 3.63) is 42.3 Å². The van der Waals surface area contributed by atoms with Crippen LogP contribution >= 0.6 is 11.6 Å². The molecule has 1 aromatic heterocycles. The molecule has 0 saturated heterocycles. The number of amides is 1. The van der Waals surface area contributed by atoms with E-state index in [1.165, 1.54) is 12.4 Å². The number of carbonyl (C=O) groups excluding carboxylic acids is 1. The highest BCUT2D eigenvalue weighted by Crippen LogP contribution is 2.22. The van der Waals surface area contributed by atoms with Gasteiger partial charge in [0.05, 0.1) is 5.52 Å². The van der Waals surface area contributed by atoms with Crippen molar-refractivity contribution in [2.75, 3.05) is 5.32 Å². The molecule has 0 aliphatic rings. The molecule has 0 atom stereocenters. The van der Waals surface area contributed by atoms with Crippen LogP contribution in [0.25, 0.3) is 10.9 Å². The highest BCUT2D eigenvalue weighted by molar-refractivity contribution is 6.34. The fourth-order valence-corrected chi connectivity index (χ4v) is 1.50. The van der Waals surface area contributed by atoms with Crippen LogP contribution in [0.1, 0.15) is 0 Å². The van der Waals surface area contributed by atoms with Crippen LogP contribution in [0.4, 0.5) is 5.69 Å². The average Bonchev–Trinajstić information content (AvgIpc) is 2.29. The number of benzene rings is 1. The maximum atomic E-state index is 11.1. The Morgan fingerprint density at radius 1 is 1.44 bits per heavy atom. The first-order valence-electron chi connectivity index (χ1n) is 4.54. The Balaban J connectivity index is 2.44. The second kappa shape index (κ2) is 4.28. The molecule has 0 radical (unpaired) electrons. The minimum Gasteiger partial charge on any atom is -0.322 e. The first-order valence-corrected chi connectivity index (χ1v) is 4.92. The van der Waals surface area contributed by atoms with Gasteiger partial charge in [0.15, 0.2) is 0 Å². The molecule has 1 aromatic carbocycles. The Morgan fingerprint density at radius 3 is 3.00 bits per heavy atom. The van der Waals surface area contributed by atoms with E-state index in [1.807, 2.05) is 0 Å². The normalized spacial score (nSPS) is 10.1. The Hall–Kier alpha value is -1.94. The van der Waals surface area contributed by atoms with E-state index in [1.54, 1.807) is 18.2 Å². The van der Waals surface area contributed by atoms with Crippen molar-refractivity contribution in [1.82, 2.24) is 9.97 Å². The van der Waals surface area contributed by atoms with Crippen molar-refractivity contribution < 1.29 is 4.79 Å². The summed E-state index contributed by atoms with van der Waals surface area (Å²) in [5, 5.41) is 3.79. The summed E-state index contributed by atoms with van der Waals surface area (Å²) in [6, 6.07) is 5.22. The third-order valence-electron chi connectivity index (χ3n) is 2.04. The van der Waals surface area contributed by atoms with Crippen molar-refractivity contribution in [1.29, 1.82) is 0 Å². The lowest BCUT2D eigenvalue weighted by molar-refractivity contribution is -0.111. The number of halogens is 1. The molecule has 0 aliphatic heterocycles. The maximum Gasteiger partial charge on any atom is 0.247 e. The number of hydrogen-bond donors (Lipinski definition) is 1. The predicted octanol–water partition coefficient (Wildman–Crippen LogP) is 2.41. The van der Waals surface area contributed by atoms with Gasteiger partial charge < -0.3 is 5.32 Å². The van der Waals surface area contributed by atoms with Gasteiger partial charge in [-0.1, -0.05) is 18.2 Å². The van der Waals surface area contributed by atoms with Crippen LogP contribution in [0, 0.1) is 0 Å². The van der Waals surface area contributed by atoms with E-state index in [2.05, 4.69) is 21.9 Å². The van der Waals surface area contributed by atoms with Gasteiger partial charge in [0, 0.05) is 11.1 Å². The lowest BCUT2D eigenvalue weighted by atomic mass is 10.2. The first-order chi connectivity index (χ1) is 7.70.